The highest BCUT2D eigenvalue weighted by Gasteiger charge is 2.20. The summed E-state index contributed by atoms with van der Waals surface area (Å²) in [6.07, 6.45) is 0. The highest BCUT2D eigenvalue weighted by molar-refractivity contribution is 9.10. The van der Waals surface area contributed by atoms with Gasteiger partial charge in [-0.3, -0.25) is 10.1 Å². The van der Waals surface area contributed by atoms with Crippen molar-refractivity contribution >= 4 is 21.6 Å². The average molecular weight is 268 g/mol. The van der Waals surface area contributed by atoms with Gasteiger partial charge in [-0.1, -0.05) is 0 Å². The lowest BCUT2D eigenvalue weighted by atomic mass is 10.3. The molecule has 0 aliphatic carbocycles. The van der Waals surface area contributed by atoms with Crippen molar-refractivity contribution in [2.24, 2.45) is 0 Å². The molecule has 14 heavy (non-hydrogen) atoms. The lowest BCUT2D eigenvalue weighted by molar-refractivity contribution is -0.386. The fourth-order valence-corrected chi connectivity index (χ4v) is 1.42. The first-order chi connectivity index (χ1) is 6.56. The molecule has 0 aliphatic rings. The van der Waals surface area contributed by atoms with Gasteiger partial charge in [-0.15, -0.1) is 0 Å². The Bertz CT molecular complexity index is 372. The molecule has 0 aliphatic heterocycles. The van der Waals surface area contributed by atoms with Crippen LogP contribution in [0.5, 0.6) is 5.75 Å². The predicted octanol–water partition coefficient (Wildman–Crippen LogP) is 2.80. The van der Waals surface area contributed by atoms with Crippen LogP contribution < -0.4 is 4.74 Å². The number of nitro groups is 1. The fourth-order valence-electron chi connectivity index (χ4n) is 0.880. The minimum absolute atomic E-state index is 0.00171. The lowest BCUT2D eigenvalue weighted by Crippen LogP contribution is -1.98. The molecule has 0 atom stereocenters. The molecule has 0 saturated carbocycles. The third kappa shape index (κ3) is 2.16. The van der Waals surface area contributed by atoms with Gasteiger partial charge < -0.3 is 4.74 Å². The molecular weight excluding hydrogens is 264 g/mol. The van der Waals surface area contributed by atoms with Gasteiger partial charge >= 0.3 is 5.69 Å². The van der Waals surface area contributed by atoms with E-state index >= 15 is 0 Å². The first-order valence-electron chi connectivity index (χ1n) is 3.38. The van der Waals surface area contributed by atoms with Crippen molar-refractivity contribution in [2.45, 2.75) is 0 Å². The van der Waals surface area contributed by atoms with Crippen LogP contribution in [0.25, 0.3) is 0 Å². The molecule has 0 fully saturated rings. The molecule has 4 nitrogen and oxygen atoms in total. The molecule has 7 heteroatoms. The summed E-state index contributed by atoms with van der Waals surface area (Å²) in [4.78, 5) is 9.57. The number of nitrogens with zero attached hydrogens (tertiary/aromatic N) is 1. The fraction of sp³-hybridized carbons (Fsp3) is 0.143. The summed E-state index contributed by atoms with van der Waals surface area (Å²) in [5.74, 6) is -1.12. The molecule has 0 unspecified atom stereocenters. The Morgan fingerprint density at radius 1 is 1.57 bits per heavy atom. The van der Waals surface area contributed by atoms with Crippen LogP contribution >= 0.6 is 15.9 Å². The number of rotatable bonds is 3. The summed E-state index contributed by atoms with van der Waals surface area (Å²) in [5.41, 5.74) is -0.616. The maximum Gasteiger partial charge on any atom is 0.315 e. The Hall–Kier alpha value is -1.24. The highest BCUT2D eigenvalue weighted by Crippen LogP contribution is 2.35. The van der Waals surface area contributed by atoms with Gasteiger partial charge in [0.05, 0.1) is 15.5 Å². The highest BCUT2D eigenvalue weighted by atomic mass is 79.9. The maximum atomic E-state index is 12.7. The van der Waals surface area contributed by atoms with Crippen molar-refractivity contribution in [3.8, 4) is 5.75 Å². The normalized spacial score (nSPS) is 9.93. The Morgan fingerprint density at radius 2 is 2.21 bits per heavy atom. The summed E-state index contributed by atoms with van der Waals surface area (Å²) in [7, 11) is 0. The molecule has 0 heterocycles. The molecule has 1 aromatic rings. The number of hydrogen-bond acceptors (Lipinski definition) is 3. The Morgan fingerprint density at radius 3 is 2.71 bits per heavy atom. The van der Waals surface area contributed by atoms with Gasteiger partial charge in [0.2, 0.25) is 12.6 Å². The topological polar surface area (TPSA) is 52.4 Å². The number of ether oxygens (including phenoxy) is 1. The van der Waals surface area contributed by atoms with Crippen molar-refractivity contribution in [1.82, 2.24) is 0 Å². The van der Waals surface area contributed by atoms with Gasteiger partial charge in [0.25, 0.3) is 0 Å². The van der Waals surface area contributed by atoms with E-state index < -0.39 is 23.3 Å². The molecule has 0 amide bonds. The number of hydrogen-bond donors (Lipinski definition) is 0. The summed E-state index contributed by atoms with van der Waals surface area (Å²) >= 11 is 2.83. The van der Waals surface area contributed by atoms with Crippen molar-refractivity contribution in [3.63, 3.8) is 0 Å². The molecule has 0 radical (unpaired) electrons. The third-order valence-corrected chi connectivity index (χ3v) is 1.97. The van der Waals surface area contributed by atoms with Gasteiger partial charge in [0.1, 0.15) is 5.82 Å². The molecule has 1 aromatic carbocycles. The first kappa shape index (κ1) is 10.8. The predicted molar refractivity (Wildman–Crippen MR) is 47.4 cm³/mol. The second kappa shape index (κ2) is 4.32. The van der Waals surface area contributed by atoms with Gasteiger partial charge in [-0.2, -0.15) is 0 Å². The molecule has 0 saturated heterocycles. The van der Waals surface area contributed by atoms with Gasteiger partial charge in [-0.05, 0) is 22.0 Å². The van der Waals surface area contributed by atoms with E-state index in [0.717, 1.165) is 6.07 Å². The second-order valence-corrected chi connectivity index (χ2v) is 3.10. The van der Waals surface area contributed by atoms with Crippen molar-refractivity contribution < 1.29 is 18.4 Å². The Balaban J connectivity index is 3.28. The third-order valence-electron chi connectivity index (χ3n) is 1.38. The summed E-state index contributed by atoms with van der Waals surface area (Å²) < 4.78 is 28.9. The van der Waals surface area contributed by atoms with Crippen LogP contribution in [-0.4, -0.2) is 11.8 Å². The van der Waals surface area contributed by atoms with Crippen LogP contribution in [0.2, 0.25) is 0 Å². The second-order valence-electron chi connectivity index (χ2n) is 2.25. The lowest BCUT2D eigenvalue weighted by Gasteiger charge is -2.04. The number of nitro benzene ring substituents is 1. The van der Waals surface area contributed by atoms with E-state index in [1.54, 1.807) is 0 Å². The molecular formula is C7H4BrF2NO3. The van der Waals surface area contributed by atoms with E-state index in [1.807, 2.05) is 0 Å². The van der Waals surface area contributed by atoms with Gasteiger partial charge in [-0.25, -0.2) is 8.78 Å². The van der Waals surface area contributed by atoms with E-state index in [0.29, 0.717) is 6.07 Å². The SMILES string of the molecule is O=[N+]([O-])c1cc(F)cc(Br)c1OCF. The van der Waals surface area contributed by atoms with Gasteiger partial charge in [0.15, 0.2) is 0 Å². The Kier molecular flexibility index (Phi) is 3.34. The quantitative estimate of drug-likeness (QED) is 0.625. The largest absolute Gasteiger partial charge is 0.454 e. The number of alkyl halides is 1. The van der Waals surface area contributed by atoms with Crippen LogP contribution in [0, 0.1) is 15.9 Å². The molecule has 0 bridgehead atoms. The Labute approximate surface area is 85.8 Å². The minimum Gasteiger partial charge on any atom is -0.454 e. The van der Waals surface area contributed by atoms with E-state index in [1.165, 1.54) is 0 Å². The van der Waals surface area contributed by atoms with Crippen molar-refractivity contribution in [3.05, 3.63) is 32.5 Å². The minimum atomic E-state index is -1.22. The summed E-state index contributed by atoms with van der Waals surface area (Å²) in [6.45, 7) is -1.22. The van der Waals surface area contributed by atoms with Crippen LogP contribution in [-0.2, 0) is 0 Å². The molecule has 0 aromatic heterocycles. The smallest absolute Gasteiger partial charge is 0.315 e. The maximum absolute atomic E-state index is 12.7. The zero-order valence-electron chi connectivity index (χ0n) is 6.67. The molecule has 0 N–H and O–H groups in total. The van der Waals surface area contributed by atoms with Gasteiger partial charge in [0, 0.05) is 0 Å². The summed E-state index contributed by atoms with van der Waals surface area (Å²) in [5, 5.41) is 10.4. The average Bonchev–Trinajstić information content (AvgIpc) is 2.09. The monoisotopic (exact) mass is 267 g/mol. The van der Waals surface area contributed by atoms with Crippen LogP contribution in [0.1, 0.15) is 0 Å². The van der Waals surface area contributed by atoms with E-state index in [9.17, 15) is 18.9 Å². The van der Waals surface area contributed by atoms with E-state index in [2.05, 4.69) is 20.7 Å². The zero-order chi connectivity index (χ0) is 10.7. The van der Waals surface area contributed by atoms with Crippen LogP contribution in [0.15, 0.2) is 16.6 Å². The van der Waals surface area contributed by atoms with Crippen molar-refractivity contribution in [2.75, 3.05) is 6.86 Å². The molecule has 0 spiro atoms. The standard InChI is InChI=1S/C7H4BrF2NO3/c8-5-1-4(10)2-6(11(12)13)7(5)14-3-9/h1-2H,3H2. The van der Waals surface area contributed by atoms with Crippen LogP contribution in [0.3, 0.4) is 0 Å². The number of benzene rings is 1. The van der Waals surface area contributed by atoms with Crippen molar-refractivity contribution in [1.29, 1.82) is 0 Å². The zero-order valence-corrected chi connectivity index (χ0v) is 8.25. The van der Waals surface area contributed by atoms with E-state index in [-0.39, 0.29) is 10.2 Å². The molecule has 76 valence electrons. The van der Waals surface area contributed by atoms with Crippen LogP contribution in [0.4, 0.5) is 14.5 Å². The van der Waals surface area contributed by atoms with E-state index in [4.69, 9.17) is 0 Å². The molecule has 1 rings (SSSR count). The number of halogens is 3. The summed E-state index contributed by atoms with van der Waals surface area (Å²) in [6, 6.07) is 1.62. The first-order valence-corrected chi connectivity index (χ1v) is 4.17.